The fraction of sp³-hybridized carbons (Fsp3) is 0.286. The van der Waals surface area contributed by atoms with Crippen LogP contribution in [0.25, 0.3) is 11.4 Å². The molecule has 0 unspecified atom stereocenters. The van der Waals surface area contributed by atoms with Crippen molar-refractivity contribution >= 4 is 11.6 Å². The predicted octanol–water partition coefficient (Wildman–Crippen LogP) is 2.21. The summed E-state index contributed by atoms with van der Waals surface area (Å²) in [5.41, 5.74) is 1.19. The lowest BCUT2D eigenvalue weighted by Crippen LogP contribution is -2.17. The molecule has 0 bridgehead atoms. The highest BCUT2D eigenvalue weighted by Crippen LogP contribution is 2.29. The first kappa shape index (κ1) is 14.6. The van der Waals surface area contributed by atoms with Gasteiger partial charge in [-0.3, -0.25) is 4.79 Å². The van der Waals surface area contributed by atoms with Crippen molar-refractivity contribution in [2.45, 2.75) is 13.5 Å². The number of ether oxygens (including phenoxy) is 1. The number of H-pyrrole nitrogens is 1. The number of aromatic nitrogens is 2. The minimum atomic E-state index is -0.195. The van der Waals surface area contributed by atoms with E-state index in [1.165, 1.54) is 6.07 Å². The lowest BCUT2D eigenvalue weighted by Gasteiger charge is -2.09. The van der Waals surface area contributed by atoms with E-state index >= 15 is 0 Å². The first-order valence-electron chi connectivity index (χ1n) is 6.29. The molecule has 2 rings (SSSR count). The van der Waals surface area contributed by atoms with Crippen LogP contribution in [-0.4, -0.2) is 23.6 Å². The third kappa shape index (κ3) is 3.37. The van der Waals surface area contributed by atoms with Crippen LogP contribution in [0.2, 0.25) is 5.02 Å². The van der Waals surface area contributed by atoms with Crippen molar-refractivity contribution in [3.8, 4) is 17.1 Å². The standard InChI is InChI=1S/C14H16ClN3O2/c1-3-16-8-10-7-13(19)18-14(17-10)11-5-4-9(15)6-12(11)20-2/h4-7,16H,3,8H2,1-2H3,(H,17,18,19). The predicted molar refractivity (Wildman–Crippen MR) is 79.2 cm³/mol. The first-order valence-corrected chi connectivity index (χ1v) is 6.66. The van der Waals surface area contributed by atoms with Crippen LogP contribution in [0.15, 0.2) is 29.1 Å². The minimum Gasteiger partial charge on any atom is -0.496 e. The summed E-state index contributed by atoms with van der Waals surface area (Å²) < 4.78 is 5.28. The SMILES string of the molecule is CCNCc1cc(=O)[nH]c(-c2ccc(Cl)cc2OC)n1. The van der Waals surface area contributed by atoms with Crippen LogP contribution in [0.5, 0.6) is 5.75 Å². The van der Waals surface area contributed by atoms with Crippen LogP contribution >= 0.6 is 11.6 Å². The Labute approximate surface area is 122 Å². The Bertz CT molecular complexity index is 655. The Kier molecular flexibility index (Phi) is 4.76. The van der Waals surface area contributed by atoms with Gasteiger partial charge >= 0.3 is 0 Å². The van der Waals surface area contributed by atoms with Crippen LogP contribution in [0.4, 0.5) is 0 Å². The van der Waals surface area contributed by atoms with Crippen LogP contribution in [0.1, 0.15) is 12.6 Å². The monoisotopic (exact) mass is 293 g/mol. The lowest BCUT2D eigenvalue weighted by atomic mass is 10.2. The van der Waals surface area contributed by atoms with E-state index in [0.717, 1.165) is 6.54 Å². The second-order valence-corrected chi connectivity index (χ2v) is 4.65. The summed E-state index contributed by atoms with van der Waals surface area (Å²) in [6.45, 7) is 3.35. The van der Waals surface area contributed by atoms with Gasteiger partial charge in [0.1, 0.15) is 11.6 Å². The molecule has 0 saturated heterocycles. The maximum atomic E-state index is 11.7. The van der Waals surface area contributed by atoms with Crippen molar-refractivity contribution in [3.05, 3.63) is 45.3 Å². The van der Waals surface area contributed by atoms with E-state index in [4.69, 9.17) is 16.3 Å². The van der Waals surface area contributed by atoms with Crippen molar-refractivity contribution < 1.29 is 4.74 Å². The Morgan fingerprint density at radius 1 is 1.40 bits per heavy atom. The molecule has 5 nitrogen and oxygen atoms in total. The van der Waals surface area contributed by atoms with Gasteiger partial charge in [-0.1, -0.05) is 18.5 Å². The maximum Gasteiger partial charge on any atom is 0.251 e. The number of nitrogens with one attached hydrogen (secondary N) is 2. The van der Waals surface area contributed by atoms with Gasteiger partial charge in [0.15, 0.2) is 0 Å². The number of benzene rings is 1. The largest absolute Gasteiger partial charge is 0.496 e. The van der Waals surface area contributed by atoms with Crippen molar-refractivity contribution in [1.29, 1.82) is 0 Å². The van der Waals surface area contributed by atoms with E-state index in [2.05, 4.69) is 15.3 Å². The van der Waals surface area contributed by atoms with Gasteiger partial charge in [-0.2, -0.15) is 0 Å². The molecule has 0 amide bonds. The Morgan fingerprint density at radius 3 is 2.90 bits per heavy atom. The van der Waals surface area contributed by atoms with Crippen LogP contribution in [0.3, 0.4) is 0 Å². The molecule has 0 radical (unpaired) electrons. The number of halogens is 1. The fourth-order valence-corrected chi connectivity index (χ4v) is 2.00. The van der Waals surface area contributed by atoms with Crippen LogP contribution < -0.4 is 15.6 Å². The zero-order valence-electron chi connectivity index (χ0n) is 11.4. The summed E-state index contributed by atoms with van der Waals surface area (Å²) in [4.78, 5) is 18.9. The number of hydrogen-bond acceptors (Lipinski definition) is 4. The molecule has 0 aliphatic heterocycles. The van der Waals surface area contributed by atoms with Gasteiger partial charge in [0, 0.05) is 17.6 Å². The van der Waals surface area contributed by atoms with Gasteiger partial charge in [-0.15, -0.1) is 0 Å². The van der Waals surface area contributed by atoms with Gasteiger partial charge in [-0.25, -0.2) is 4.98 Å². The molecule has 0 atom stereocenters. The van der Waals surface area contributed by atoms with Crippen molar-refractivity contribution in [3.63, 3.8) is 0 Å². The summed E-state index contributed by atoms with van der Waals surface area (Å²) in [5.74, 6) is 1.04. The zero-order valence-corrected chi connectivity index (χ0v) is 12.1. The van der Waals surface area contributed by atoms with E-state index in [1.54, 1.807) is 25.3 Å². The first-order chi connectivity index (χ1) is 9.63. The number of aromatic amines is 1. The Hall–Kier alpha value is -1.85. The van der Waals surface area contributed by atoms with Gasteiger partial charge in [0.25, 0.3) is 5.56 Å². The topological polar surface area (TPSA) is 67.0 Å². The quantitative estimate of drug-likeness (QED) is 0.887. The van der Waals surface area contributed by atoms with Gasteiger partial charge in [0.2, 0.25) is 0 Å². The molecule has 0 saturated carbocycles. The molecule has 2 aromatic rings. The highest BCUT2D eigenvalue weighted by atomic mass is 35.5. The van der Waals surface area contributed by atoms with Crippen LogP contribution in [0, 0.1) is 0 Å². The van der Waals surface area contributed by atoms with Crippen molar-refractivity contribution in [1.82, 2.24) is 15.3 Å². The van der Waals surface area contributed by atoms with Gasteiger partial charge in [0.05, 0.1) is 18.4 Å². The van der Waals surface area contributed by atoms with E-state index in [-0.39, 0.29) is 5.56 Å². The second-order valence-electron chi connectivity index (χ2n) is 4.21. The number of rotatable bonds is 5. The fourth-order valence-electron chi connectivity index (χ4n) is 1.84. The van der Waals surface area contributed by atoms with Gasteiger partial charge in [-0.05, 0) is 24.7 Å². The third-order valence-electron chi connectivity index (χ3n) is 2.77. The molecular weight excluding hydrogens is 278 g/mol. The van der Waals surface area contributed by atoms with Crippen molar-refractivity contribution in [2.75, 3.05) is 13.7 Å². The normalized spacial score (nSPS) is 10.6. The molecule has 0 aliphatic rings. The molecule has 0 spiro atoms. The molecule has 106 valence electrons. The smallest absolute Gasteiger partial charge is 0.251 e. The summed E-state index contributed by atoms with van der Waals surface area (Å²) in [6.07, 6.45) is 0. The summed E-state index contributed by atoms with van der Waals surface area (Å²) in [7, 11) is 1.55. The van der Waals surface area contributed by atoms with E-state index in [1.807, 2.05) is 6.92 Å². The maximum absolute atomic E-state index is 11.7. The lowest BCUT2D eigenvalue weighted by molar-refractivity contribution is 0.416. The summed E-state index contributed by atoms with van der Waals surface area (Å²) in [5, 5.41) is 3.71. The summed E-state index contributed by atoms with van der Waals surface area (Å²) >= 11 is 5.93. The zero-order chi connectivity index (χ0) is 14.5. The highest BCUT2D eigenvalue weighted by molar-refractivity contribution is 6.30. The molecule has 20 heavy (non-hydrogen) atoms. The number of hydrogen-bond donors (Lipinski definition) is 2. The molecule has 1 aromatic carbocycles. The highest BCUT2D eigenvalue weighted by Gasteiger charge is 2.10. The average molecular weight is 294 g/mol. The molecule has 1 aromatic heterocycles. The Balaban J connectivity index is 2.46. The molecule has 0 aliphatic carbocycles. The molecular formula is C14H16ClN3O2. The molecule has 0 fully saturated rings. The van der Waals surface area contributed by atoms with Crippen LogP contribution in [-0.2, 0) is 6.54 Å². The van der Waals surface area contributed by atoms with E-state index in [9.17, 15) is 4.79 Å². The van der Waals surface area contributed by atoms with E-state index < -0.39 is 0 Å². The molecule has 1 heterocycles. The Morgan fingerprint density at radius 2 is 2.20 bits per heavy atom. The number of nitrogens with zero attached hydrogens (tertiary/aromatic N) is 1. The second kappa shape index (κ2) is 6.54. The minimum absolute atomic E-state index is 0.195. The third-order valence-corrected chi connectivity index (χ3v) is 3.00. The van der Waals surface area contributed by atoms with Gasteiger partial charge < -0.3 is 15.0 Å². The molecule has 6 heteroatoms. The molecule has 2 N–H and O–H groups in total. The van der Waals surface area contributed by atoms with E-state index in [0.29, 0.717) is 34.4 Å². The summed E-state index contributed by atoms with van der Waals surface area (Å²) in [6, 6.07) is 6.68. The number of methoxy groups -OCH3 is 1. The van der Waals surface area contributed by atoms with Crippen molar-refractivity contribution in [2.24, 2.45) is 0 Å². The average Bonchev–Trinajstić information content (AvgIpc) is 2.44.